The maximum atomic E-state index is 5.97. The van der Waals surface area contributed by atoms with Crippen LogP contribution in [0.2, 0.25) is 0 Å². The molecular weight excluding hydrogens is 198 g/mol. The van der Waals surface area contributed by atoms with Crippen LogP contribution in [0.1, 0.15) is 58.6 Å². The van der Waals surface area contributed by atoms with Crippen molar-refractivity contribution in [1.82, 2.24) is 4.90 Å². The van der Waals surface area contributed by atoms with E-state index in [0.29, 0.717) is 0 Å². The zero-order valence-electron chi connectivity index (χ0n) is 11.3. The first-order valence-corrected chi connectivity index (χ1v) is 6.05. The zero-order chi connectivity index (χ0) is 12.1. The molecule has 1 aromatic rings. The van der Waals surface area contributed by atoms with Crippen molar-refractivity contribution < 1.29 is 4.42 Å². The quantitative estimate of drug-likeness (QED) is 0.664. The van der Waals surface area contributed by atoms with E-state index in [9.17, 15) is 0 Å². The summed E-state index contributed by atoms with van der Waals surface area (Å²) in [6.07, 6.45) is 0. The molecule has 2 heteroatoms. The van der Waals surface area contributed by atoms with Gasteiger partial charge in [-0.25, -0.2) is 0 Å². The maximum Gasteiger partial charge on any atom is 0.122 e. The minimum atomic E-state index is 0.122. The molecule has 1 aliphatic heterocycles. The molecule has 0 fully saturated rings. The minimum Gasteiger partial charge on any atom is -0.464 e. The second-order valence-corrected chi connectivity index (χ2v) is 6.84. The van der Waals surface area contributed by atoms with Crippen molar-refractivity contribution >= 4 is 0 Å². The zero-order valence-corrected chi connectivity index (χ0v) is 11.3. The molecule has 2 rings (SSSR count). The van der Waals surface area contributed by atoms with Crippen LogP contribution in [0.5, 0.6) is 0 Å². The van der Waals surface area contributed by atoms with Crippen molar-refractivity contribution in [2.45, 2.75) is 65.6 Å². The average molecular weight is 221 g/mol. The van der Waals surface area contributed by atoms with Crippen molar-refractivity contribution in [1.29, 1.82) is 0 Å². The van der Waals surface area contributed by atoms with Gasteiger partial charge in [0.05, 0.1) is 6.54 Å². The van der Waals surface area contributed by atoms with Crippen LogP contribution < -0.4 is 0 Å². The minimum absolute atomic E-state index is 0.122. The van der Waals surface area contributed by atoms with Crippen molar-refractivity contribution in [3.05, 3.63) is 23.2 Å². The Morgan fingerprint density at radius 2 is 1.69 bits per heavy atom. The van der Waals surface area contributed by atoms with E-state index in [1.807, 2.05) is 0 Å². The molecule has 2 nitrogen and oxygen atoms in total. The van der Waals surface area contributed by atoms with Gasteiger partial charge < -0.3 is 4.42 Å². The molecular formula is C14H23NO. The van der Waals surface area contributed by atoms with Crippen LogP contribution in [0.15, 0.2) is 10.5 Å². The van der Waals surface area contributed by atoms with Crippen molar-refractivity contribution in [2.24, 2.45) is 0 Å². The van der Waals surface area contributed by atoms with Gasteiger partial charge in [-0.15, -0.1) is 0 Å². The summed E-state index contributed by atoms with van der Waals surface area (Å²) in [7, 11) is 0. The monoisotopic (exact) mass is 221 g/mol. The molecule has 0 N–H and O–H groups in total. The van der Waals surface area contributed by atoms with Gasteiger partial charge in [0.2, 0.25) is 0 Å². The molecule has 0 bridgehead atoms. The first-order chi connectivity index (χ1) is 7.18. The average Bonchev–Trinajstić information content (AvgIpc) is 2.53. The molecule has 0 unspecified atom stereocenters. The summed E-state index contributed by atoms with van der Waals surface area (Å²) in [5, 5.41) is 0. The van der Waals surface area contributed by atoms with Crippen molar-refractivity contribution in [2.75, 3.05) is 0 Å². The van der Waals surface area contributed by atoms with E-state index >= 15 is 0 Å². The lowest BCUT2D eigenvalue weighted by atomic mass is 9.93. The van der Waals surface area contributed by atoms with Gasteiger partial charge in [0.25, 0.3) is 0 Å². The fraction of sp³-hybridized carbons (Fsp3) is 0.714. The molecule has 1 aliphatic rings. The number of hydrogen-bond acceptors (Lipinski definition) is 2. The summed E-state index contributed by atoms with van der Waals surface area (Å²) >= 11 is 0. The predicted molar refractivity (Wildman–Crippen MR) is 66.4 cm³/mol. The molecule has 0 spiro atoms. The van der Waals surface area contributed by atoms with Crippen LogP contribution in [-0.4, -0.2) is 10.4 Å². The lowest BCUT2D eigenvalue weighted by Crippen LogP contribution is -2.37. The van der Waals surface area contributed by atoms with Crippen LogP contribution in [-0.2, 0) is 18.5 Å². The number of rotatable bonds is 0. The van der Waals surface area contributed by atoms with Gasteiger partial charge in [0.1, 0.15) is 11.5 Å². The van der Waals surface area contributed by atoms with Gasteiger partial charge in [-0.2, -0.15) is 0 Å². The van der Waals surface area contributed by atoms with Gasteiger partial charge in [0, 0.05) is 23.1 Å². The van der Waals surface area contributed by atoms with E-state index < -0.39 is 0 Å². The van der Waals surface area contributed by atoms with E-state index in [4.69, 9.17) is 4.42 Å². The Hall–Kier alpha value is -0.760. The summed E-state index contributed by atoms with van der Waals surface area (Å²) in [6, 6.07) is 2.24. The Morgan fingerprint density at radius 1 is 1.06 bits per heavy atom. The van der Waals surface area contributed by atoms with Crippen LogP contribution in [0.3, 0.4) is 0 Å². The largest absolute Gasteiger partial charge is 0.464 e. The fourth-order valence-electron chi connectivity index (χ4n) is 2.01. The summed E-state index contributed by atoms with van der Waals surface area (Å²) in [5.41, 5.74) is 1.72. The molecule has 0 aliphatic carbocycles. The molecule has 0 amide bonds. The van der Waals surface area contributed by atoms with Crippen molar-refractivity contribution in [3.8, 4) is 0 Å². The molecule has 0 atom stereocenters. The van der Waals surface area contributed by atoms with Gasteiger partial charge in [0.15, 0.2) is 0 Å². The number of furan rings is 1. The number of fused-ring (bicyclic) bond motifs is 1. The predicted octanol–water partition coefficient (Wildman–Crippen LogP) is 3.69. The first-order valence-electron chi connectivity index (χ1n) is 6.05. The third kappa shape index (κ3) is 2.03. The van der Waals surface area contributed by atoms with Gasteiger partial charge >= 0.3 is 0 Å². The van der Waals surface area contributed by atoms with E-state index in [1.54, 1.807) is 0 Å². The Kier molecular flexibility index (Phi) is 2.46. The molecule has 0 saturated carbocycles. The Morgan fingerprint density at radius 3 is 2.12 bits per heavy atom. The van der Waals surface area contributed by atoms with E-state index in [1.165, 1.54) is 11.3 Å². The molecule has 90 valence electrons. The second-order valence-electron chi connectivity index (χ2n) is 6.84. The fourth-order valence-corrected chi connectivity index (χ4v) is 2.01. The van der Waals surface area contributed by atoms with Crippen molar-refractivity contribution in [3.63, 3.8) is 0 Å². The molecule has 1 aromatic heterocycles. The SMILES string of the molecule is CC(C)(C)c1cc2c(o1)CN(C(C)(C)C)C2. The summed E-state index contributed by atoms with van der Waals surface area (Å²) in [4.78, 5) is 2.45. The molecule has 0 radical (unpaired) electrons. The highest BCUT2D eigenvalue weighted by atomic mass is 16.3. The third-order valence-corrected chi connectivity index (χ3v) is 3.28. The van der Waals surface area contributed by atoms with Gasteiger partial charge in [-0.05, 0) is 26.8 Å². The summed E-state index contributed by atoms with van der Waals surface area (Å²) < 4.78 is 5.97. The van der Waals surface area contributed by atoms with Crippen LogP contribution in [0.4, 0.5) is 0 Å². The lowest BCUT2D eigenvalue weighted by Gasteiger charge is -2.31. The second kappa shape index (κ2) is 3.36. The summed E-state index contributed by atoms with van der Waals surface area (Å²) in [6.45, 7) is 15.3. The molecule has 0 saturated heterocycles. The maximum absolute atomic E-state index is 5.97. The van der Waals surface area contributed by atoms with Gasteiger partial charge in [-0.3, -0.25) is 4.90 Å². The first kappa shape index (κ1) is 11.7. The Balaban J connectivity index is 2.21. The third-order valence-electron chi connectivity index (χ3n) is 3.28. The smallest absolute Gasteiger partial charge is 0.122 e. The Labute approximate surface area is 98.6 Å². The number of hydrogen-bond donors (Lipinski definition) is 0. The van der Waals surface area contributed by atoms with Gasteiger partial charge in [-0.1, -0.05) is 20.8 Å². The molecule has 16 heavy (non-hydrogen) atoms. The Bertz CT molecular complexity index is 366. The normalized spacial score (nSPS) is 17.9. The van der Waals surface area contributed by atoms with E-state index in [2.05, 4.69) is 52.5 Å². The van der Waals surface area contributed by atoms with Crippen LogP contribution >= 0.6 is 0 Å². The van der Waals surface area contributed by atoms with Crippen LogP contribution in [0, 0.1) is 0 Å². The highest BCUT2D eigenvalue weighted by Gasteiger charge is 2.32. The molecule has 0 aromatic carbocycles. The lowest BCUT2D eigenvalue weighted by molar-refractivity contribution is 0.128. The standard InChI is InChI=1S/C14H23NO/c1-13(2,3)12-7-10-8-15(14(4,5)6)9-11(10)16-12/h7H,8-9H2,1-6H3. The van der Waals surface area contributed by atoms with E-state index in [0.717, 1.165) is 18.8 Å². The molecule has 2 heterocycles. The highest BCUT2D eigenvalue weighted by Crippen LogP contribution is 2.35. The van der Waals surface area contributed by atoms with Crippen LogP contribution in [0.25, 0.3) is 0 Å². The van der Waals surface area contributed by atoms with E-state index in [-0.39, 0.29) is 11.0 Å². The highest BCUT2D eigenvalue weighted by molar-refractivity contribution is 5.28. The number of nitrogens with zero attached hydrogens (tertiary/aromatic N) is 1. The topological polar surface area (TPSA) is 16.4 Å². The summed E-state index contributed by atoms with van der Waals surface area (Å²) in [5.74, 6) is 2.28.